The van der Waals surface area contributed by atoms with Crippen LogP contribution in [-0.4, -0.2) is 40.3 Å². The summed E-state index contributed by atoms with van der Waals surface area (Å²) in [6.45, 7) is 1.05. The molecule has 6 heteroatoms. The lowest BCUT2D eigenvalue weighted by Gasteiger charge is -2.35. The number of piperidine rings is 1. The number of rotatable bonds is 3. The number of hydrogen-bond donors (Lipinski definition) is 3. The number of anilines is 1. The lowest BCUT2D eigenvalue weighted by atomic mass is 10.0. The Bertz CT molecular complexity index is 419. The lowest BCUT2D eigenvalue weighted by Crippen LogP contribution is -2.42. The van der Waals surface area contributed by atoms with E-state index in [1.54, 1.807) is 12.3 Å². The highest BCUT2D eigenvalue weighted by molar-refractivity contribution is 5.96. The van der Waals surface area contributed by atoms with Crippen molar-refractivity contribution >= 4 is 11.7 Å². The Balaban J connectivity index is 2.17. The monoisotopic (exact) mass is 250 g/mol. The molecule has 1 aromatic rings. The van der Waals surface area contributed by atoms with E-state index < -0.39 is 0 Å². The zero-order chi connectivity index (χ0) is 13.0. The van der Waals surface area contributed by atoms with Crippen LogP contribution in [0.1, 0.15) is 24.8 Å². The van der Waals surface area contributed by atoms with Crippen LogP contribution in [0.3, 0.4) is 0 Å². The van der Waals surface area contributed by atoms with Crippen LogP contribution >= 0.6 is 0 Å². The van der Waals surface area contributed by atoms with Crippen LogP contribution in [0, 0.1) is 0 Å². The Kier molecular flexibility index (Phi) is 3.99. The molecule has 0 amide bonds. The summed E-state index contributed by atoms with van der Waals surface area (Å²) in [5.74, 6) is 0.870. The second-order valence-corrected chi connectivity index (χ2v) is 4.42. The fraction of sp³-hybridized carbons (Fsp3) is 0.500. The van der Waals surface area contributed by atoms with Gasteiger partial charge in [-0.25, -0.2) is 4.98 Å². The van der Waals surface area contributed by atoms with Gasteiger partial charge in [-0.15, -0.1) is 0 Å². The van der Waals surface area contributed by atoms with Crippen LogP contribution in [0.25, 0.3) is 0 Å². The third-order valence-corrected chi connectivity index (χ3v) is 3.28. The fourth-order valence-electron chi connectivity index (χ4n) is 2.26. The molecule has 1 fully saturated rings. The van der Waals surface area contributed by atoms with Crippen molar-refractivity contribution in [3.8, 4) is 0 Å². The molecule has 98 valence electrons. The summed E-state index contributed by atoms with van der Waals surface area (Å²) in [5.41, 5.74) is 6.06. The van der Waals surface area contributed by atoms with Gasteiger partial charge < -0.3 is 20.9 Å². The Morgan fingerprint density at radius 2 is 2.33 bits per heavy atom. The van der Waals surface area contributed by atoms with E-state index in [1.165, 1.54) is 0 Å². The van der Waals surface area contributed by atoms with Crippen molar-refractivity contribution in [1.29, 1.82) is 0 Å². The molecule has 0 bridgehead atoms. The van der Waals surface area contributed by atoms with E-state index in [9.17, 15) is 5.11 Å². The average molecular weight is 250 g/mol. The highest BCUT2D eigenvalue weighted by Gasteiger charge is 2.22. The normalized spacial score (nSPS) is 21.1. The van der Waals surface area contributed by atoms with Crippen molar-refractivity contribution in [3.63, 3.8) is 0 Å². The predicted octanol–water partition coefficient (Wildman–Crippen LogP) is 0.527. The molecule has 18 heavy (non-hydrogen) atoms. The molecule has 4 N–H and O–H groups in total. The average Bonchev–Trinajstić information content (AvgIpc) is 2.46. The summed E-state index contributed by atoms with van der Waals surface area (Å²) in [7, 11) is 0. The van der Waals surface area contributed by atoms with E-state index in [4.69, 9.17) is 10.9 Å². The Morgan fingerprint density at radius 1 is 1.50 bits per heavy atom. The zero-order valence-electron chi connectivity index (χ0n) is 10.2. The van der Waals surface area contributed by atoms with Crippen molar-refractivity contribution < 1.29 is 10.3 Å². The maximum atomic E-state index is 9.36. The van der Waals surface area contributed by atoms with E-state index in [-0.39, 0.29) is 18.5 Å². The topological polar surface area (TPSA) is 95.0 Å². The summed E-state index contributed by atoms with van der Waals surface area (Å²) in [6, 6.07) is 3.74. The van der Waals surface area contributed by atoms with Gasteiger partial charge in [0.1, 0.15) is 5.82 Å². The molecule has 0 radical (unpaired) electrons. The number of aliphatic hydroxyl groups is 1. The van der Waals surface area contributed by atoms with Gasteiger partial charge in [0, 0.05) is 18.3 Å². The van der Waals surface area contributed by atoms with Crippen molar-refractivity contribution in [1.82, 2.24) is 4.98 Å². The van der Waals surface area contributed by atoms with Gasteiger partial charge in [-0.3, -0.25) is 0 Å². The lowest BCUT2D eigenvalue weighted by molar-refractivity contribution is 0.239. The number of amidine groups is 1. The number of oxime groups is 1. The van der Waals surface area contributed by atoms with Crippen LogP contribution in [0.4, 0.5) is 5.82 Å². The van der Waals surface area contributed by atoms with Crippen LogP contribution < -0.4 is 10.6 Å². The Morgan fingerprint density at radius 3 is 2.94 bits per heavy atom. The number of nitrogens with zero attached hydrogens (tertiary/aromatic N) is 3. The second kappa shape index (κ2) is 5.68. The number of hydrogen-bond acceptors (Lipinski definition) is 5. The first kappa shape index (κ1) is 12.6. The van der Waals surface area contributed by atoms with E-state index in [0.717, 1.165) is 31.6 Å². The molecule has 1 aliphatic heterocycles. The predicted molar refractivity (Wildman–Crippen MR) is 68.8 cm³/mol. The first-order valence-electron chi connectivity index (χ1n) is 6.07. The maximum absolute atomic E-state index is 9.36. The van der Waals surface area contributed by atoms with E-state index in [1.807, 2.05) is 6.07 Å². The minimum atomic E-state index is 0.0476. The quantitative estimate of drug-likeness (QED) is 0.315. The third kappa shape index (κ3) is 2.53. The Labute approximate surface area is 106 Å². The molecule has 2 heterocycles. The van der Waals surface area contributed by atoms with Crippen LogP contribution in [-0.2, 0) is 0 Å². The minimum absolute atomic E-state index is 0.0476. The smallest absolute Gasteiger partial charge is 0.171 e. The molecule has 0 saturated carbocycles. The standard InChI is InChI=1S/C12H18N4O2/c13-12(15-18)9-4-5-11(14-7-9)16-6-2-1-3-10(16)8-17/h4-5,7,10,17-18H,1-3,6,8H2,(H2,13,15). The maximum Gasteiger partial charge on any atom is 0.171 e. The number of aromatic nitrogens is 1. The molecular formula is C12H18N4O2. The number of nitrogens with two attached hydrogens (primary N) is 1. The first-order chi connectivity index (χ1) is 8.76. The van der Waals surface area contributed by atoms with Crippen molar-refractivity contribution in [2.75, 3.05) is 18.1 Å². The van der Waals surface area contributed by atoms with Gasteiger partial charge in [0.25, 0.3) is 0 Å². The highest BCUT2D eigenvalue weighted by atomic mass is 16.4. The molecule has 1 aliphatic rings. The summed E-state index contributed by atoms with van der Waals surface area (Å²) in [4.78, 5) is 6.42. The Hall–Kier alpha value is -1.82. The number of pyridine rings is 1. The molecule has 2 rings (SSSR count). The largest absolute Gasteiger partial charge is 0.409 e. The molecule has 1 unspecified atom stereocenters. The van der Waals surface area contributed by atoms with Crippen LogP contribution in [0.15, 0.2) is 23.5 Å². The van der Waals surface area contributed by atoms with Crippen LogP contribution in [0.5, 0.6) is 0 Å². The van der Waals surface area contributed by atoms with Crippen molar-refractivity contribution in [2.45, 2.75) is 25.3 Å². The van der Waals surface area contributed by atoms with Gasteiger partial charge in [-0.1, -0.05) is 5.16 Å². The van der Waals surface area contributed by atoms with Gasteiger partial charge in [0.15, 0.2) is 5.84 Å². The van der Waals surface area contributed by atoms with Crippen molar-refractivity contribution in [3.05, 3.63) is 23.9 Å². The SMILES string of the molecule is N/C(=N/O)c1ccc(N2CCCCC2CO)nc1. The summed E-state index contributed by atoms with van der Waals surface area (Å²) < 4.78 is 0. The minimum Gasteiger partial charge on any atom is -0.409 e. The summed E-state index contributed by atoms with van der Waals surface area (Å²) in [6.07, 6.45) is 4.82. The molecule has 1 saturated heterocycles. The molecular weight excluding hydrogens is 232 g/mol. The first-order valence-corrected chi connectivity index (χ1v) is 6.07. The van der Waals surface area contributed by atoms with Gasteiger partial charge in [-0.05, 0) is 31.4 Å². The van der Waals surface area contributed by atoms with Crippen molar-refractivity contribution in [2.24, 2.45) is 10.9 Å². The van der Waals surface area contributed by atoms with Gasteiger partial charge in [-0.2, -0.15) is 0 Å². The van der Waals surface area contributed by atoms with Gasteiger partial charge >= 0.3 is 0 Å². The third-order valence-electron chi connectivity index (χ3n) is 3.28. The van der Waals surface area contributed by atoms with Gasteiger partial charge in [0.2, 0.25) is 0 Å². The van der Waals surface area contributed by atoms with E-state index in [0.29, 0.717) is 5.56 Å². The summed E-state index contributed by atoms with van der Waals surface area (Å²) >= 11 is 0. The number of aliphatic hydroxyl groups excluding tert-OH is 1. The van der Waals surface area contributed by atoms with Crippen LogP contribution in [0.2, 0.25) is 0 Å². The van der Waals surface area contributed by atoms with Gasteiger partial charge in [0.05, 0.1) is 12.6 Å². The van der Waals surface area contributed by atoms with E-state index >= 15 is 0 Å². The van der Waals surface area contributed by atoms with E-state index in [2.05, 4.69) is 15.0 Å². The zero-order valence-corrected chi connectivity index (χ0v) is 10.2. The highest BCUT2D eigenvalue weighted by Crippen LogP contribution is 2.22. The molecule has 0 aromatic carbocycles. The fourth-order valence-corrected chi connectivity index (χ4v) is 2.26. The molecule has 1 aromatic heterocycles. The molecule has 1 atom stereocenters. The molecule has 0 spiro atoms. The molecule has 6 nitrogen and oxygen atoms in total. The second-order valence-electron chi connectivity index (χ2n) is 4.42. The molecule has 0 aliphatic carbocycles. The summed E-state index contributed by atoms with van der Waals surface area (Å²) in [5, 5.41) is 20.9.